The van der Waals surface area contributed by atoms with E-state index >= 15 is 0 Å². The lowest BCUT2D eigenvalue weighted by molar-refractivity contribution is -0.119. The molecule has 0 radical (unpaired) electrons. The second kappa shape index (κ2) is 4.79. The molecule has 15 heavy (non-hydrogen) atoms. The molecule has 0 saturated carbocycles. The van der Waals surface area contributed by atoms with E-state index in [0.717, 1.165) is 5.69 Å². The molecule has 0 aliphatic carbocycles. The first kappa shape index (κ1) is 11.5. The first-order valence-corrected chi connectivity index (χ1v) is 4.83. The highest BCUT2D eigenvalue weighted by Gasteiger charge is 2.12. The topological polar surface area (TPSA) is 72.3 Å². The van der Waals surface area contributed by atoms with Crippen LogP contribution in [0.5, 0.6) is 0 Å². The highest BCUT2D eigenvalue weighted by molar-refractivity contribution is 5.80. The van der Waals surface area contributed by atoms with Crippen LogP contribution in [-0.2, 0) is 4.79 Å². The van der Waals surface area contributed by atoms with Gasteiger partial charge in [0.2, 0.25) is 5.91 Å². The molecule has 1 rings (SSSR count). The van der Waals surface area contributed by atoms with Gasteiger partial charge in [-0.1, -0.05) is 12.1 Å². The molecule has 0 heterocycles. The zero-order chi connectivity index (χ0) is 11.4. The van der Waals surface area contributed by atoms with E-state index in [-0.39, 0.29) is 0 Å². The number of amides is 1. The smallest absolute Gasteiger partial charge is 0.236 e. The number of anilines is 1. The third-order valence-electron chi connectivity index (χ3n) is 2.28. The molecule has 1 amide bonds. The van der Waals surface area contributed by atoms with Crippen LogP contribution in [-0.4, -0.2) is 25.5 Å². The first-order valence-electron chi connectivity index (χ1n) is 4.83. The number of aryl methyl sites for hydroxylation is 1. The Morgan fingerprint density at radius 2 is 2.20 bits per heavy atom. The fourth-order valence-corrected chi connectivity index (χ4v) is 1.36. The maximum Gasteiger partial charge on any atom is 0.236 e. The molecule has 0 bridgehead atoms. The average molecular weight is 207 g/mol. The van der Waals surface area contributed by atoms with Crippen LogP contribution in [0.2, 0.25) is 0 Å². The summed E-state index contributed by atoms with van der Waals surface area (Å²) >= 11 is 0. The Hall–Kier alpha value is -1.55. The van der Waals surface area contributed by atoms with Crippen molar-refractivity contribution < 1.29 is 4.79 Å². The van der Waals surface area contributed by atoms with Gasteiger partial charge in [0.1, 0.15) is 6.04 Å². The largest absolute Gasteiger partial charge is 0.372 e. The molecule has 0 aliphatic rings. The van der Waals surface area contributed by atoms with Gasteiger partial charge < -0.3 is 16.4 Å². The first-order chi connectivity index (χ1) is 7.00. The fraction of sp³-hybridized carbons (Fsp3) is 0.364. The summed E-state index contributed by atoms with van der Waals surface area (Å²) in [5.74, 6) is -0.477. The lowest BCUT2D eigenvalue weighted by Gasteiger charge is -2.22. The SMILES string of the molecule is Cc1cccc(N(C)CC(N)C(N)=O)c1. The van der Waals surface area contributed by atoms with Gasteiger partial charge in [-0.25, -0.2) is 0 Å². The summed E-state index contributed by atoms with van der Waals surface area (Å²) in [5, 5.41) is 0. The van der Waals surface area contributed by atoms with Gasteiger partial charge in [0.15, 0.2) is 0 Å². The Bertz CT molecular complexity index is 351. The van der Waals surface area contributed by atoms with Gasteiger partial charge in [-0.05, 0) is 24.6 Å². The molecule has 1 aromatic carbocycles. The van der Waals surface area contributed by atoms with Gasteiger partial charge in [0.05, 0.1) is 0 Å². The summed E-state index contributed by atoms with van der Waals surface area (Å²) in [6.45, 7) is 2.45. The van der Waals surface area contributed by atoms with Crippen molar-refractivity contribution in [3.8, 4) is 0 Å². The van der Waals surface area contributed by atoms with Crippen LogP contribution < -0.4 is 16.4 Å². The molecule has 0 fully saturated rings. The summed E-state index contributed by atoms with van der Waals surface area (Å²) in [5.41, 5.74) is 12.9. The molecular weight excluding hydrogens is 190 g/mol. The Balaban J connectivity index is 2.68. The zero-order valence-corrected chi connectivity index (χ0v) is 9.10. The summed E-state index contributed by atoms with van der Waals surface area (Å²) < 4.78 is 0. The van der Waals surface area contributed by atoms with Crippen molar-refractivity contribution in [1.82, 2.24) is 0 Å². The Labute approximate surface area is 89.9 Å². The van der Waals surface area contributed by atoms with Crippen molar-refractivity contribution in [1.29, 1.82) is 0 Å². The van der Waals surface area contributed by atoms with E-state index in [9.17, 15) is 4.79 Å². The molecule has 1 aromatic rings. The van der Waals surface area contributed by atoms with E-state index < -0.39 is 11.9 Å². The average Bonchev–Trinajstić information content (AvgIpc) is 2.17. The number of primary amides is 1. The number of nitrogens with zero attached hydrogens (tertiary/aromatic N) is 1. The normalized spacial score (nSPS) is 12.2. The minimum Gasteiger partial charge on any atom is -0.372 e. The summed E-state index contributed by atoms with van der Waals surface area (Å²) in [7, 11) is 1.89. The van der Waals surface area contributed by atoms with Crippen molar-refractivity contribution >= 4 is 11.6 Å². The van der Waals surface area contributed by atoms with Gasteiger partial charge in [-0.15, -0.1) is 0 Å². The van der Waals surface area contributed by atoms with E-state index in [1.165, 1.54) is 5.56 Å². The molecule has 4 nitrogen and oxygen atoms in total. The third kappa shape index (κ3) is 3.25. The van der Waals surface area contributed by atoms with Crippen LogP contribution in [0.25, 0.3) is 0 Å². The quantitative estimate of drug-likeness (QED) is 0.743. The summed E-state index contributed by atoms with van der Waals surface area (Å²) in [4.78, 5) is 12.7. The molecule has 1 atom stereocenters. The fourth-order valence-electron chi connectivity index (χ4n) is 1.36. The Morgan fingerprint density at radius 3 is 2.73 bits per heavy atom. The van der Waals surface area contributed by atoms with Crippen LogP contribution >= 0.6 is 0 Å². The lowest BCUT2D eigenvalue weighted by Crippen LogP contribution is -2.45. The van der Waals surface area contributed by atoms with Crippen molar-refractivity contribution in [2.45, 2.75) is 13.0 Å². The summed E-state index contributed by atoms with van der Waals surface area (Å²) in [6, 6.07) is 7.37. The van der Waals surface area contributed by atoms with Gasteiger partial charge in [-0.2, -0.15) is 0 Å². The zero-order valence-electron chi connectivity index (χ0n) is 9.10. The predicted molar refractivity (Wildman–Crippen MR) is 61.6 cm³/mol. The monoisotopic (exact) mass is 207 g/mol. The van der Waals surface area contributed by atoms with E-state index in [1.807, 2.05) is 43.1 Å². The van der Waals surface area contributed by atoms with Gasteiger partial charge >= 0.3 is 0 Å². The molecule has 0 saturated heterocycles. The van der Waals surface area contributed by atoms with Crippen LogP contribution in [0.1, 0.15) is 5.56 Å². The Kier molecular flexibility index (Phi) is 3.68. The van der Waals surface area contributed by atoms with E-state index in [0.29, 0.717) is 6.54 Å². The number of carbonyl (C=O) groups excluding carboxylic acids is 1. The van der Waals surface area contributed by atoms with Crippen molar-refractivity contribution in [3.05, 3.63) is 29.8 Å². The highest BCUT2D eigenvalue weighted by Crippen LogP contribution is 2.13. The number of carbonyl (C=O) groups is 1. The van der Waals surface area contributed by atoms with E-state index in [2.05, 4.69) is 0 Å². The number of hydrogen-bond donors (Lipinski definition) is 2. The number of benzene rings is 1. The molecule has 4 N–H and O–H groups in total. The second-order valence-corrected chi connectivity index (χ2v) is 3.73. The molecule has 82 valence electrons. The minimum atomic E-state index is -0.629. The summed E-state index contributed by atoms with van der Waals surface area (Å²) in [6.07, 6.45) is 0. The maximum absolute atomic E-state index is 10.8. The lowest BCUT2D eigenvalue weighted by atomic mass is 10.2. The van der Waals surface area contributed by atoms with Gasteiger partial charge in [-0.3, -0.25) is 4.79 Å². The molecule has 0 spiro atoms. The van der Waals surface area contributed by atoms with Gasteiger partial charge in [0, 0.05) is 19.3 Å². The molecule has 4 heteroatoms. The van der Waals surface area contributed by atoms with E-state index in [1.54, 1.807) is 0 Å². The van der Waals surface area contributed by atoms with Crippen molar-refractivity contribution in [3.63, 3.8) is 0 Å². The molecule has 1 unspecified atom stereocenters. The van der Waals surface area contributed by atoms with Gasteiger partial charge in [0.25, 0.3) is 0 Å². The van der Waals surface area contributed by atoms with Crippen LogP contribution in [0.3, 0.4) is 0 Å². The number of hydrogen-bond acceptors (Lipinski definition) is 3. The number of nitrogens with two attached hydrogens (primary N) is 2. The molecule has 0 aromatic heterocycles. The van der Waals surface area contributed by atoms with Crippen LogP contribution in [0.15, 0.2) is 24.3 Å². The predicted octanol–water partition coefficient (Wildman–Crippen LogP) is 0.244. The standard InChI is InChI=1S/C11H17N3O/c1-8-4-3-5-9(6-8)14(2)7-10(12)11(13)15/h3-6,10H,7,12H2,1-2H3,(H2,13,15). The van der Waals surface area contributed by atoms with Crippen molar-refractivity contribution in [2.75, 3.05) is 18.5 Å². The Morgan fingerprint density at radius 1 is 1.53 bits per heavy atom. The number of rotatable bonds is 4. The highest BCUT2D eigenvalue weighted by atomic mass is 16.1. The van der Waals surface area contributed by atoms with E-state index in [4.69, 9.17) is 11.5 Å². The number of likely N-dealkylation sites (N-methyl/N-ethyl adjacent to an activating group) is 1. The van der Waals surface area contributed by atoms with Crippen molar-refractivity contribution in [2.24, 2.45) is 11.5 Å². The maximum atomic E-state index is 10.8. The molecular formula is C11H17N3O. The minimum absolute atomic E-state index is 0.429. The third-order valence-corrected chi connectivity index (χ3v) is 2.28. The second-order valence-electron chi connectivity index (χ2n) is 3.73. The van der Waals surface area contributed by atoms with Crippen LogP contribution in [0.4, 0.5) is 5.69 Å². The van der Waals surface area contributed by atoms with Crippen LogP contribution in [0, 0.1) is 6.92 Å². The molecule has 0 aliphatic heterocycles.